The molecule has 0 spiro atoms. The standard InChI is InChI=1S/C19H23NO5S/c1-3-15-7-4-5-10-18(15)25-14-19(21)20-16-8-6-9-17(13-16)24-11-12-26(2,22)23/h4-10,13H,3,11-12,14H2,1-2H3,(H,20,21). The van der Waals surface area contributed by atoms with Gasteiger partial charge in [0.25, 0.3) is 5.91 Å². The number of nitrogens with one attached hydrogen (secondary N) is 1. The minimum absolute atomic E-state index is 0.0612. The summed E-state index contributed by atoms with van der Waals surface area (Å²) in [6, 6.07) is 14.4. The van der Waals surface area contributed by atoms with Gasteiger partial charge in [0.15, 0.2) is 16.4 Å². The number of sulfone groups is 1. The molecular weight excluding hydrogens is 354 g/mol. The molecular formula is C19H23NO5S. The van der Waals surface area contributed by atoms with Crippen molar-refractivity contribution in [2.45, 2.75) is 13.3 Å². The molecule has 26 heavy (non-hydrogen) atoms. The molecule has 0 unspecified atom stereocenters. The second-order valence-corrected chi connectivity index (χ2v) is 8.06. The van der Waals surface area contributed by atoms with Gasteiger partial charge in [-0.1, -0.05) is 31.2 Å². The van der Waals surface area contributed by atoms with Gasteiger partial charge in [-0.2, -0.15) is 0 Å². The summed E-state index contributed by atoms with van der Waals surface area (Å²) in [5.41, 5.74) is 1.60. The number of para-hydroxylation sites is 1. The number of carbonyl (C=O) groups is 1. The van der Waals surface area contributed by atoms with Crippen LogP contribution in [-0.2, 0) is 21.1 Å². The highest BCUT2D eigenvalue weighted by molar-refractivity contribution is 7.90. The summed E-state index contributed by atoms with van der Waals surface area (Å²) in [6.07, 6.45) is 1.98. The van der Waals surface area contributed by atoms with Gasteiger partial charge in [-0.05, 0) is 30.2 Å². The van der Waals surface area contributed by atoms with E-state index in [0.29, 0.717) is 17.2 Å². The van der Waals surface area contributed by atoms with E-state index in [1.807, 2.05) is 31.2 Å². The van der Waals surface area contributed by atoms with Gasteiger partial charge in [0.05, 0.1) is 5.75 Å². The number of carbonyl (C=O) groups excluding carboxylic acids is 1. The molecule has 1 N–H and O–H groups in total. The smallest absolute Gasteiger partial charge is 0.262 e. The molecule has 140 valence electrons. The van der Waals surface area contributed by atoms with Crippen LogP contribution in [0.5, 0.6) is 11.5 Å². The third kappa shape index (κ3) is 6.76. The molecule has 2 aromatic rings. The van der Waals surface area contributed by atoms with Crippen LogP contribution in [0.2, 0.25) is 0 Å². The first kappa shape index (κ1) is 19.8. The fraction of sp³-hybridized carbons (Fsp3) is 0.316. The van der Waals surface area contributed by atoms with E-state index in [1.165, 1.54) is 0 Å². The van der Waals surface area contributed by atoms with Crippen molar-refractivity contribution in [1.29, 1.82) is 0 Å². The van der Waals surface area contributed by atoms with E-state index in [1.54, 1.807) is 24.3 Å². The Morgan fingerprint density at radius 1 is 1.08 bits per heavy atom. The Kier molecular flexibility index (Phi) is 7.03. The third-order valence-corrected chi connectivity index (χ3v) is 4.46. The van der Waals surface area contributed by atoms with E-state index in [4.69, 9.17) is 9.47 Å². The fourth-order valence-corrected chi connectivity index (χ4v) is 2.64. The van der Waals surface area contributed by atoms with E-state index in [2.05, 4.69) is 5.32 Å². The quantitative estimate of drug-likeness (QED) is 0.727. The average Bonchev–Trinajstić information content (AvgIpc) is 2.59. The molecule has 0 fully saturated rings. The van der Waals surface area contributed by atoms with E-state index in [-0.39, 0.29) is 24.9 Å². The Labute approximate surface area is 154 Å². The molecule has 0 atom stereocenters. The maximum atomic E-state index is 12.1. The maximum absolute atomic E-state index is 12.1. The zero-order valence-electron chi connectivity index (χ0n) is 14.9. The van der Waals surface area contributed by atoms with E-state index >= 15 is 0 Å². The van der Waals surface area contributed by atoms with Gasteiger partial charge in [-0.25, -0.2) is 8.42 Å². The van der Waals surface area contributed by atoms with Gasteiger partial charge in [0.1, 0.15) is 18.1 Å². The van der Waals surface area contributed by atoms with Crippen LogP contribution in [0.3, 0.4) is 0 Å². The molecule has 0 heterocycles. The van der Waals surface area contributed by atoms with Gasteiger partial charge in [0, 0.05) is 18.0 Å². The summed E-state index contributed by atoms with van der Waals surface area (Å²) in [7, 11) is -3.07. The summed E-state index contributed by atoms with van der Waals surface area (Å²) in [5.74, 6) is 0.838. The molecule has 0 radical (unpaired) electrons. The molecule has 0 saturated carbocycles. The van der Waals surface area contributed by atoms with Crippen LogP contribution in [0.25, 0.3) is 0 Å². The van der Waals surface area contributed by atoms with Crippen LogP contribution < -0.4 is 14.8 Å². The molecule has 0 aliphatic rings. The molecule has 0 aromatic heterocycles. The Hall–Kier alpha value is -2.54. The lowest BCUT2D eigenvalue weighted by molar-refractivity contribution is -0.118. The first-order chi connectivity index (χ1) is 12.4. The normalized spacial score (nSPS) is 11.0. The van der Waals surface area contributed by atoms with Gasteiger partial charge >= 0.3 is 0 Å². The highest BCUT2D eigenvalue weighted by Crippen LogP contribution is 2.19. The van der Waals surface area contributed by atoms with Crippen LogP contribution in [0.4, 0.5) is 5.69 Å². The zero-order valence-corrected chi connectivity index (χ0v) is 15.7. The maximum Gasteiger partial charge on any atom is 0.262 e. The summed E-state index contributed by atoms with van der Waals surface area (Å²) in [5, 5.41) is 2.73. The van der Waals surface area contributed by atoms with Crippen LogP contribution in [0.1, 0.15) is 12.5 Å². The Bertz CT molecular complexity index is 849. The lowest BCUT2D eigenvalue weighted by Crippen LogP contribution is -2.20. The lowest BCUT2D eigenvalue weighted by Gasteiger charge is -2.11. The van der Waals surface area contributed by atoms with Crippen LogP contribution in [-0.4, -0.2) is 39.5 Å². The van der Waals surface area contributed by atoms with Crippen LogP contribution in [0, 0.1) is 0 Å². The van der Waals surface area contributed by atoms with Gasteiger partial charge in [0.2, 0.25) is 0 Å². The molecule has 0 aliphatic carbocycles. The number of rotatable bonds is 9. The average molecular weight is 377 g/mol. The van der Waals surface area contributed by atoms with Crippen molar-refractivity contribution in [3.63, 3.8) is 0 Å². The van der Waals surface area contributed by atoms with Crippen molar-refractivity contribution in [1.82, 2.24) is 0 Å². The molecule has 1 amide bonds. The molecule has 0 aliphatic heterocycles. The van der Waals surface area contributed by atoms with E-state index in [0.717, 1.165) is 18.2 Å². The summed E-state index contributed by atoms with van der Waals surface area (Å²) in [6.45, 7) is 1.99. The molecule has 0 saturated heterocycles. The van der Waals surface area contributed by atoms with Crippen LogP contribution >= 0.6 is 0 Å². The lowest BCUT2D eigenvalue weighted by atomic mass is 10.1. The number of hydrogen-bond acceptors (Lipinski definition) is 5. The number of hydrogen-bond donors (Lipinski definition) is 1. The molecule has 0 bridgehead atoms. The van der Waals surface area contributed by atoms with Crippen LogP contribution in [0.15, 0.2) is 48.5 Å². The summed E-state index contributed by atoms with van der Waals surface area (Å²) >= 11 is 0. The highest BCUT2D eigenvalue weighted by Gasteiger charge is 2.07. The molecule has 2 rings (SSSR count). The number of amides is 1. The molecule has 6 nitrogen and oxygen atoms in total. The number of aryl methyl sites for hydroxylation is 1. The fourth-order valence-electron chi connectivity index (χ4n) is 2.25. The summed E-state index contributed by atoms with van der Waals surface area (Å²) in [4.78, 5) is 12.1. The zero-order chi connectivity index (χ0) is 19.0. The second-order valence-electron chi connectivity index (χ2n) is 5.80. The minimum Gasteiger partial charge on any atom is -0.492 e. The van der Waals surface area contributed by atoms with E-state index in [9.17, 15) is 13.2 Å². The molecule has 2 aromatic carbocycles. The number of benzene rings is 2. The van der Waals surface area contributed by atoms with Crippen molar-refractivity contribution in [3.05, 3.63) is 54.1 Å². The SMILES string of the molecule is CCc1ccccc1OCC(=O)Nc1cccc(OCCS(C)(=O)=O)c1. The predicted octanol–water partition coefficient (Wildman–Crippen LogP) is 2.69. The Morgan fingerprint density at radius 2 is 1.85 bits per heavy atom. The van der Waals surface area contributed by atoms with Crippen molar-refractivity contribution in [2.24, 2.45) is 0 Å². The van der Waals surface area contributed by atoms with Gasteiger partial charge in [-0.3, -0.25) is 4.79 Å². The van der Waals surface area contributed by atoms with Gasteiger partial charge in [-0.15, -0.1) is 0 Å². The highest BCUT2D eigenvalue weighted by atomic mass is 32.2. The summed E-state index contributed by atoms with van der Waals surface area (Å²) < 4.78 is 33.2. The Morgan fingerprint density at radius 3 is 2.58 bits per heavy atom. The van der Waals surface area contributed by atoms with Gasteiger partial charge < -0.3 is 14.8 Å². The van der Waals surface area contributed by atoms with Crippen molar-refractivity contribution < 1.29 is 22.7 Å². The monoisotopic (exact) mass is 377 g/mol. The number of anilines is 1. The first-order valence-electron chi connectivity index (χ1n) is 8.28. The van der Waals surface area contributed by atoms with Crippen molar-refractivity contribution in [2.75, 3.05) is 30.5 Å². The van der Waals surface area contributed by atoms with E-state index < -0.39 is 9.84 Å². The predicted molar refractivity (Wildman–Crippen MR) is 102 cm³/mol. The first-order valence-corrected chi connectivity index (χ1v) is 10.3. The topological polar surface area (TPSA) is 81.7 Å². The largest absolute Gasteiger partial charge is 0.492 e. The Balaban J connectivity index is 1.87. The molecule has 7 heteroatoms. The second kappa shape index (κ2) is 9.24. The van der Waals surface area contributed by atoms with Crippen molar-refractivity contribution >= 4 is 21.4 Å². The third-order valence-electron chi connectivity index (χ3n) is 3.55. The van der Waals surface area contributed by atoms with Crippen molar-refractivity contribution in [3.8, 4) is 11.5 Å². The minimum atomic E-state index is -3.07. The number of ether oxygens (including phenoxy) is 2.